The normalized spacial score (nSPS) is 11.8. The fourth-order valence-electron chi connectivity index (χ4n) is 2.23. The molecule has 6 nitrogen and oxygen atoms in total. The molecule has 0 aliphatic heterocycles. The molecule has 3 rings (SSSR count). The summed E-state index contributed by atoms with van der Waals surface area (Å²) in [6.07, 6.45) is 1.62. The van der Waals surface area contributed by atoms with Crippen molar-refractivity contribution in [2.75, 3.05) is 12.4 Å². The van der Waals surface area contributed by atoms with Crippen LogP contribution in [0.4, 0.5) is 5.69 Å². The maximum Gasteiger partial charge on any atom is 0.237 e. The van der Waals surface area contributed by atoms with Crippen LogP contribution in [0.3, 0.4) is 0 Å². The summed E-state index contributed by atoms with van der Waals surface area (Å²) in [6.45, 7) is 1.84. The summed E-state index contributed by atoms with van der Waals surface area (Å²) in [5.41, 5.74) is 1.62. The first kappa shape index (κ1) is 18.5. The van der Waals surface area contributed by atoms with Crippen molar-refractivity contribution in [3.63, 3.8) is 0 Å². The minimum absolute atomic E-state index is 0.0995. The number of benzene rings is 2. The van der Waals surface area contributed by atoms with E-state index >= 15 is 0 Å². The van der Waals surface area contributed by atoms with Crippen molar-refractivity contribution in [2.24, 2.45) is 0 Å². The molecule has 1 amide bonds. The third-order valence-electron chi connectivity index (χ3n) is 3.61. The Hall–Kier alpha value is -2.32. The molecule has 1 heterocycles. The number of hydrogen-bond acceptors (Lipinski definition) is 5. The van der Waals surface area contributed by atoms with E-state index < -0.39 is 0 Å². The molecular formula is C18H17BrN4O2S. The summed E-state index contributed by atoms with van der Waals surface area (Å²) in [4.78, 5) is 12.5. The molecule has 0 saturated carbocycles. The molecule has 0 saturated heterocycles. The molecule has 0 radical (unpaired) electrons. The SMILES string of the molecule is COc1cccc(-n2cnnc2SC(C)C(=O)Nc2ccc(Br)cc2)c1. The third-order valence-corrected chi connectivity index (χ3v) is 5.20. The molecular weight excluding hydrogens is 416 g/mol. The van der Waals surface area contributed by atoms with E-state index in [2.05, 4.69) is 31.4 Å². The molecule has 26 heavy (non-hydrogen) atoms. The smallest absolute Gasteiger partial charge is 0.237 e. The summed E-state index contributed by atoms with van der Waals surface area (Å²) in [6, 6.07) is 15.0. The van der Waals surface area contributed by atoms with Crippen LogP contribution in [0.5, 0.6) is 5.75 Å². The van der Waals surface area contributed by atoms with Gasteiger partial charge in [0.05, 0.1) is 18.0 Å². The van der Waals surface area contributed by atoms with Gasteiger partial charge in [-0.1, -0.05) is 33.8 Å². The summed E-state index contributed by atoms with van der Waals surface area (Å²) in [5.74, 6) is 0.644. The van der Waals surface area contributed by atoms with E-state index in [1.54, 1.807) is 13.4 Å². The Morgan fingerprint density at radius 2 is 2.04 bits per heavy atom. The largest absolute Gasteiger partial charge is 0.497 e. The molecule has 1 unspecified atom stereocenters. The zero-order chi connectivity index (χ0) is 18.5. The summed E-state index contributed by atoms with van der Waals surface area (Å²) in [5, 5.41) is 11.3. The number of carbonyl (C=O) groups excluding carboxylic acids is 1. The van der Waals surface area contributed by atoms with E-state index in [0.29, 0.717) is 5.16 Å². The number of aromatic nitrogens is 3. The lowest BCUT2D eigenvalue weighted by Crippen LogP contribution is -2.22. The number of thioether (sulfide) groups is 1. The van der Waals surface area contributed by atoms with Gasteiger partial charge in [-0.15, -0.1) is 10.2 Å². The van der Waals surface area contributed by atoms with E-state index in [1.165, 1.54) is 11.8 Å². The van der Waals surface area contributed by atoms with E-state index in [1.807, 2.05) is 60.0 Å². The van der Waals surface area contributed by atoms with Crippen LogP contribution in [0.15, 0.2) is 64.5 Å². The first-order valence-electron chi connectivity index (χ1n) is 7.84. The molecule has 0 aliphatic rings. The molecule has 0 spiro atoms. The Morgan fingerprint density at radius 1 is 1.27 bits per heavy atom. The lowest BCUT2D eigenvalue weighted by atomic mass is 10.3. The molecule has 3 aromatic rings. The Morgan fingerprint density at radius 3 is 2.77 bits per heavy atom. The maximum absolute atomic E-state index is 12.5. The molecule has 134 valence electrons. The molecule has 0 aliphatic carbocycles. The number of methoxy groups -OCH3 is 1. The van der Waals surface area contributed by atoms with Crippen LogP contribution in [0, 0.1) is 0 Å². The van der Waals surface area contributed by atoms with Crippen molar-refractivity contribution >= 4 is 39.3 Å². The van der Waals surface area contributed by atoms with Gasteiger partial charge in [0.15, 0.2) is 5.16 Å². The average molecular weight is 433 g/mol. The molecule has 1 N–H and O–H groups in total. The van der Waals surface area contributed by atoms with Crippen molar-refractivity contribution in [1.29, 1.82) is 0 Å². The first-order chi connectivity index (χ1) is 12.6. The van der Waals surface area contributed by atoms with E-state index in [0.717, 1.165) is 21.6 Å². The number of nitrogens with one attached hydrogen (secondary N) is 1. The lowest BCUT2D eigenvalue weighted by molar-refractivity contribution is -0.115. The lowest BCUT2D eigenvalue weighted by Gasteiger charge is -2.13. The van der Waals surface area contributed by atoms with Crippen molar-refractivity contribution < 1.29 is 9.53 Å². The highest BCUT2D eigenvalue weighted by molar-refractivity contribution is 9.10. The van der Waals surface area contributed by atoms with Gasteiger partial charge in [0.1, 0.15) is 12.1 Å². The Kier molecular flexibility index (Phi) is 5.95. The number of amides is 1. The Bertz CT molecular complexity index is 898. The number of nitrogens with zero attached hydrogens (tertiary/aromatic N) is 3. The molecule has 2 aromatic carbocycles. The average Bonchev–Trinajstić information content (AvgIpc) is 3.11. The number of ether oxygens (including phenoxy) is 1. The fraction of sp³-hybridized carbons (Fsp3) is 0.167. The fourth-order valence-corrected chi connectivity index (χ4v) is 3.34. The zero-order valence-electron chi connectivity index (χ0n) is 14.2. The number of halogens is 1. The Balaban J connectivity index is 1.71. The second kappa shape index (κ2) is 8.37. The van der Waals surface area contributed by atoms with Crippen molar-refractivity contribution in [1.82, 2.24) is 14.8 Å². The van der Waals surface area contributed by atoms with Crippen LogP contribution in [-0.2, 0) is 4.79 Å². The van der Waals surface area contributed by atoms with Gasteiger partial charge in [0.2, 0.25) is 5.91 Å². The van der Waals surface area contributed by atoms with Crippen LogP contribution >= 0.6 is 27.7 Å². The van der Waals surface area contributed by atoms with Gasteiger partial charge in [-0.3, -0.25) is 9.36 Å². The van der Waals surface area contributed by atoms with Crippen LogP contribution in [0.25, 0.3) is 5.69 Å². The van der Waals surface area contributed by atoms with Crippen LogP contribution in [0.1, 0.15) is 6.92 Å². The number of hydrogen-bond donors (Lipinski definition) is 1. The first-order valence-corrected chi connectivity index (χ1v) is 9.51. The van der Waals surface area contributed by atoms with Gasteiger partial charge < -0.3 is 10.1 Å². The third kappa shape index (κ3) is 4.44. The van der Waals surface area contributed by atoms with Gasteiger partial charge in [-0.05, 0) is 43.3 Å². The number of rotatable bonds is 6. The Labute approximate surface area is 164 Å². The minimum atomic E-state index is -0.341. The van der Waals surface area contributed by atoms with Crippen LogP contribution < -0.4 is 10.1 Å². The van der Waals surface area contributed by atoms with Gasteiger partial charge in [-0.25, -0.2) is 0 Å². The van der Waals surface area contributed by atoms with Crippen LogP contribution in [-0.4, -0.2) is 33.0 Å². The van der Waals surface area contributed by atoms with E-state index in [9.17, 15) is 4.79 Å². The highest BCUT2D eigenvalue weighted by Gasteiger charge is 2.18. The minimum Gasteiger partial charge on any atom is -0.497 e. The van der Waals surface area contributed by atoms with Crippen LogP contribution in [0.2, 0.25) is 0 Å². The summed E-state index contributed by atoms with van der Waals surface area (Å²) in [7, 11) is 1.62. The number of carbonyl (C=O) groups is 1. The molecule has 1 atom stereocenters. The second-order valence-electron chi connectivity index (χ2n) is 5.44. The summed E-state index contributed by atoms with van der Waals surface area (Å²) >= 11 is 4.72. The maximum atomic E-state index is 12.5. The number of anilines is 1. The van der Waals surface area contributed by atoms with Crippen molar-refractivity contribution in [2.45, 2.75) is 17.3 Å². The van der Waals surface area contributed by atoms with Gasteiger partial charge in [-0.2, -0.15) is 0 Å². The monoisotopic (exact) mass is 432 g/mol. The molecule has 8 heteroatoms. The predicted octanol–water partition coefficient (Wildman–Crippen LogP) is 4.16. The highest BCUT2D eigenvalue weighted by atomic mass is 79.9. The van der Waals surface area contributed by atoms with E-state index in [-0.39, 0.29) is 11.2 Å². The van der Waals surface area contributed by atoms with Gasteiger partial charge >= 0.3 is 0 Å². The van der Waals surface area contributed by atoms with Crippen molar-refractivity contribution in [3.8, 4) is 11.4 Å². The standard InChI is InChI=1S/C18H17BrN4O2S/c1-12(17(24)21-14-8-6-13(19)7-9-14)26-18-22-20-11-23(18)15-4-3-5-16(10-15)25-2/h3-12H,1-2H3,(H,21,24). The predicted molar refractivity (Wildman–Crippen MR) is 106 cm³/mol. The molecule has 0 bridgehead atoms. The van der Waals surface area contributed by atoms with Gasteiger partial charge in [0.25, 0.3) is 0 Å². The quantitative estimate of drug-likeness (QED) is 0.592. The van der Waals surface area contributed by atoms with Gasteiger partial charge in [0, 0.05) is 16.2 Å². The van der Waals surface area contributed by atoms with Crippen molar-refractivity contribution in [3.05, 3.63) is 59.3 Å². The topological polar surface area (TPSA) is 69.0 Å². The zero-order valence-corrected chi connectivity index (χ0v) is 16.6. The highest BCUT2D eigenvalue weighted by Crippen LogP contribution is 2.26. The second-order valence-corrected chi connectivity index (χ2v) is 7.66. The molecule has 0 fully saturated rings. The molecule has 1 aromatic heterocycles. The summed E-state index contributed by atoms with van der Waals surface area (Å²) < 4.78 is 8.05. The van der Waals surface area contributed by atoms with E-state index in [4.69, 9.17) is 4.74 Å².